The Labute approximate surface area is 85.4 Å². The van der Waals surface area contributed by atoms with Gasteiger partial charge in [-0.2, -0.15) is 0 Å². The SMILES string of the molecule is CC(C)CCNC(CBr)C(C)C. The highest BCUT2D eigenvalue weighted by atomic mass is 79.9. The second-order valence-corrected chi connectivity index (χ2v) is 4.79. The fourth-order valence-corrected chi connectivity index (χ4v) is 2.00. The topological polar surface area (TPSA) is 12.0 Å². The molecule has 1 atom stereocenters. The van der Waals surface area contributed by atoms with E-state index in [2.05, 4.69) is 48.9 Å². The summed E-state index contributed by atoms with van der Waals surface area (Å²) in [6.45, 7) is 10.2. The Morgan fingerprint density at radius 2 is 1.75 bits per heavy atom. The van der Waals surface area contributed by atoms with Gasteiger partial charge in [0.15, 0.2) is 0 Å². The van der Waals surface area contributed by atoms with Crippen molar-refractivity contribution in [2.24, 2.45) is 11.8 Å². The number of alkyl halides is 1. The molecule has 0 saturated carbocycles. The van der Waals surface area contributed by atoms with Gasteiger partial charge in [-0.15, -0.1) is 0 Å². The molecule has 1 nitrogen and oxygen atoms in total. The molecule has 1 unspecified atom stereocenters. The average molecular weight is 236 g/mol. The molecule has 0 radical (unpaired) electrons. The van der Waals surface area contributed by atoms with E-state index >= 15 is 0 Å². The van der Waals surface area contributed by atoms with Crippen molar-refractivity contribution in [2.45, 2.75) is 40.2 Å². The normalized spacial score (nSPS) is 14.2. The fourth-order valence-electron chi connectivity index (χ4n) is 1.03. The van der Waals surface area contributed by atoms with Gasteiger partial charge in [-0.3, -0.25) is 0 Å². The number of hydrogen-bond acceptors (Lipinski definition) is 1. The van der Waals surface area contributed by atoms with Crippen LogP contribution < -0.4 is 5.32 Å². The van der Waals surface area contributed by atoms with Crippen LogP contribution in [0.1, 0.15) is 34.1 Å². The Kier molecular flexibility index (Phi) is 7.16. The van der Waals surface area contributed by atoms with Crippen molar-refractivity contribution in [2.75, 3.05) is 11.9 Å². The van der Waals surface area contributed by atoms with E-state index in [1.807, 2.05) is 0 Å². The van der Waals surface area contributed by atoms with Crippen molar-refractivity contribution < 1.29 is 0 Å². The summed E-state index contributed by atoms with van der Waals surface area (Å²) in [7, 11) is 0. The lowest BCUT2D eigenvalue weighted by molar-refractivity contribution is 0.414. The molecule has 0 saturated heterocycles. The van der Waals surface area contributed by atoms with Crippen molar-refractivity contribution in [1.29, 1.82) is 0 Å². The van der Waals surface area contributed by atoms with Gasteiger partial charge in [-0.1, -0.05) is 43.6 Å². The molecule has 0 heterocycles. The van der Waals surface area contributed by atoms with Crippen LogP contribution in [0.2, 0.25) is 0 Å². The molecule has 0 aromatic heterocycles. The molecule has 2 heteroatoms. The summed E-state index contributed by atoms with van der Waals surface area (Å²) in [5.41, 5.74) is 0. The zero-order chi connectivity index (χ0) is 9.56. The molecular weight excluding hydrogens is 214 g/mol. The van der Waals surface area contributed by atoms with Crippen LogP contribution in [0.4, 0.5) is 0 Å². The van der Waals surface area contributed by atoms with Gasteiger partial charge in [0.25, 0.3) is 0 Å². The van der Waals surface area contributed by atoms with E-state index in [1.54, 1.807) is 0 Å². The van der Waals surface area contributed by atoms with Crippen LogP contribution in [0, 0.1) is 11.8 Å². The maximum Gasteiger partial charge on any atom is 0.0188 e. The van der Waals surface area contributed by atoms with Gasteiger partial charge >= 0.3 is 0 Å². The number of halogens is 1. The standard InChI is InChI=1S/C10H22BrN/c1-8(2)5-6-12-10(7-11)9(3)4/h8-10,12H,5-7H2,1-4H3. The van der Waals surface area contributed by atoms with Crippen LogP contribution >= 0.6 is 15.9 Å². The van der Waals surface area contributed by atoms with Crippen molar-refractivity contribution in [3.8, 4) is 0 Å². The van der Waals surface area contributed by atoms with E-state index in [0.717, 1.165) is 23.7 Å². The quantitative estimate of drug-likeness (QED) is 0.699. The zero-order valence-electron chi connectivity index (χ0n) is 8.73. The second-order valence-electron chi connectivity index (χ2n) is 4.14. The Hall–Kier alpha value is 0.440. The first kappa shape index (κ1) is 12.4. The summed E-state index contributed by atoms with van der Waals surface area (Å²) < 4.78 is 0. The molecule has 12 heavy (non-hydrogen) atoms. The molecule has 0 rings (SSSR count). The smallest absolute Gasteiger partial charge is 0.0188 e. The third kappa shape index (κ3) is 6.01. The van der Waals surface area contributed by atoms with Crippen molar-refractivity contribution in [3.63, 3.8) is 0 Å². The monoisotopic (exact) mass is 235 g/mol. The van der Waals surface area contributed by atoms with E-state index in [0.29, 0.717) is 6.04 Å². The molecule has 0 spiro atoms. The summed E-state index contributed by atoms with van der Waals surface area (Å²) in [5, 5.41) is 4.61. The molecule has 0 aliphatic carbocycles. The number of hydrogen-bond donors (Lipinski definition) is 1. The third-order valence-electron chi connectivity index (χ3n) is 2.10. The molecule has 0 aliphatic rings. The van der Waals surface area contributed by atoms with E-state index in [9.17, 15) is 0 Å². The maximum atomic E-state index is 3.55. The van der Waals surface area contributed by atoms with Gasteiger partial charge < -0.3 is 5.32 Å². The molecule has 0 aromatic rings. The highest BCUT2D eigenvalue weighted by Gasteiger charge is 2.09. The minimum absolute atomic E-state index is 0.628. The van der Waals surface area contributed by atoms with Gasteiger partial charge in [-0.25, -0.2) is 0 Å². The largest absolute Gasteiger partial charge is 0.313 e. The lowest BCUT2D eigenvalue weighted by Gasteiger charge is -2.20. The first-order valence-electron chi connectivity index (χ1n) is 4.87. The van der Waals surface area contributed by atoms with E-state index in [1.165, 1.54) is 6.42 Å². The van der Waals surface area contributed by atoms with Gasteiger partial charge in [0.1, 0.15) is 0 Å². The fraction of sp³-hybridized carbons (Fsp3) is 1.00. The van der Waals surface area contributed by atoms with E-state index in [-0.39, 0.29) is 0 Å². The predicted molar refractivity (Wildman–Crippen MR) is 59.9 cm³/mol. The number of rotatable bonds is 6. The molecule has 0 aliphatic heterocycles. The first-order valence-corrected chi connectivity index (χ1v) is 5.99. The van der Waals surface area contributed by atoms with Gasteiger partial charge in [0.05, 0.1) is 0 Å². The Balaban J connectivity index is 3.45. The lowest BCUT2D eigenvalue weighted by Crippen LogP contribution is -2.36. The van der Waals surface area contributed by atoms with Crippen LogP contribution in [0.5, 0.6) is 0 Å². The highest BCUT2D eigenvalue weighted by molar-refractivity contribution is 9.09. The van der Waals surface area contributed by atoms with E-state index in [4.69, 9.17) is 0 Å². The van der Waals surface area contributed by atoms with E-state index < -0.39 is 0 Å². The summed E-state index contributed by atoms with van der Waals surface area (Å²) in [4.78, 5) is 0. The maximum absolute atomic E-state index is 3.55. The highest BCUT2D eigenvalue weighted by Crippen LogP contribution is 2.05. The van der Waals surface area contributed by atoms with Crippen molar-refractivity contribution >= 4 is 15.9 Å². The van der Waals surface area contributed by atoms with Crippen LogP contribution in [-0.2, 0) is 0 Å². The molecule has 0 bridgehead atoms. The summed E-state index contributed by atoms with van der Waals surface area (Å²) in [6, 6.07) is 0.628. The Morgan fingerprint density at radius 3 is 2.08 bits per heavy atom. The van der Waals surface area contributed by atoms with Crippen molar-refractivity contribution in [1.82, 2.24) is 5.32 Å². The molecule has 0 amide bonds. The van der Waals surface area contributed by atoms with Crippen molar-refractivity contribution in [3.05, 3.63) is 0 Å². The summed E-state index contributed by atoms with van der Waals surface area (Å²) in [6.07, 6.45) is 1.27. The molecule has 74 valence electrons. The summed E-state index contributed by atoms with van der Waals surface area (Å²) >= 11 is 3.52. The van der Waals surface area contributed by atoms with Crippen LogP contribution in [0.25, 0.3) is 0 Å². The third-order valence-corrected chi connectivity index (χ3v) is 2.80. The minimum atomic E-state index is 0.628. The molecular formula is C10H22BrN. The molecule has 0 aromatic carbocycles. The zero-order valence-corrected chi connectivity index (χ0v) is 10.3. The molecule has 0 fully saturated rings. The minimum Gasteiger partial charge on any atom is -0.313 e. The Morgan fingerprint density at radius 1 is 1.17 bits per heavy atom. The van der Waals surface area contributed by atoms with Crippen LogP contribution in [0.3, 0.4) is 0 Å². The van der Waals surface area contributed by atoms with Gasteiger partial charge in [0, 0.05) is 11.4 Å². The van der Waals surface area contributed by atoms with Gasteiger partial charge in [0.2, 0.25) is 0 Å². The first-order chi connectivity index (χ1) is 5.57. The lowest BCUT2D eigenvalue weighted by atomic mass is 10.1. The average Bonchev–Trinajstić information content (AvgIpc) is 1.96. The van der Waals surface area contributed by atoms with Crippen LogP contribution in [0.15, 0.2) is 0 Å². The Bertz CT molecular complexity index is 102. The second kappa shape index (κ2) is 6.90. The molecule has 1 N–H and O–H groups in total. The van der Waals surface area contributed by atoms with Gasteiger partial charge in [-0.05, 0) is 24.8 Å². The summed E-state index contributed by atoms with van der Waals surface area (Å²) in [5.74, 6) is 1.53. The van der Waals surface area contributed by atoms with Crippen LogP contribution in [-0.4, -0.2) is 17.9 Å². The number of nitrogens with one attached hydrogen (secondary N) is 1. The predicted octanol–water partition coefficient (Wildman–Crippen LogP) is 3.04.